The molecule has 1 aromatic rings. The topological polar surface area (TPSA) is 85.8 Å². The number of fused-ring (bicyclic) bond motifs is 1. The van der Waals surface area contributed by atoms with Crippen molar-refractivity contribution in [2.24, 2.45) is 5.73 Å². The predicted octanol–water partition coefficient (Wildman–Crippen LogP) is 2.81. The summed E-state index contributed by atoms with van der Waals surface area (Å²) in [6.07, 6.45) is 11.5. The van der Waals surface area contributed by atoms with Gasteiger partial charge in [-0.1, -0.05) is 19.3 Å². The molecule has 0 saturated heterocycles. The van der Waals surface area contributed by atoms with Gasteiger partial charge in [0.15, 0.2) is 0 Å². The molecule has 1 aromatic heterocycles. The number of carbonyl (C=O) groups is 1. The fourth-order valence-corrected chi connectivity index (χ4v) is 3.08. The van der Waals surface area contributed by atoms with E-state index >= 15 is 0 Å². The van der Waals surface area contributed by atoms with E-state index in [0.717, 1.165) is 76.2 Å². The van der Waals surface area contributed by atoms with Gasteiger partial charge in [-0.2, -0.15) is 0 Å². The summed E-state index contributed by atoms with van der Waals surface area (Å²) in [6, 6.07) is 0. The number of carbonyl (C=O) groups excluding carboxylic acids is 1. The molecule has 0 unspecified atom stereocenters. The molecule has 6 nitrogen and oxygen atoms in total. The Morgan fingerprint density at radius 2 is 1.84 bits per heavy atom. The van der Waals surface area contributed by atoms with E-state index in [1.54, 1.807) is 0 Å². The van der Waals surface area contributed by atoms with Crippen LogP contribution in [0.2, 0.25) is 0 Å². The highest BCUT2D eigenvalue weighted by Gasteiger charge is 2.14. The van der Waals surface area contributed by atoms with Crippen LogP contribution >= 0.6 is 24.8 Å². The normalized spacial score (nSPS) is 13.2. The lowest BCUT2D eigenvalue weighted by molar-refractivity contribution is -0.121. The van der Waals surface area contributed by atoms with Crippen LogP contribution in [0.4, 0.5) is 0 Å². The van der Waals surface area contributed by atoms with Crippen molar-refractivity contribution in [1.82, 2.24) is 20.1 Å². The van der Waals surface area contributed by atoms with Crippen molar-refractivity contribution in [3.05, 3.63) is 11.6 Å². The number of rotatable bonds is 10. The van der Waals surface area contributed by atoms with Crippen LogP contribution in [0.5, 0.6) is 0 Å². The molecule has 146 valence electrons. The number of aromatic nitrogens is 3. The third kappa shape index (κ3) is 8.88. The number of aryl methyl sites for hydroxylation is 2. The summed E-state index contributed by atoms with van der Waals surface area (Å²) in [5, 5.41) is 11.6. The van der Waals surface area contributed by atoms with Crippen molar-refractivity contribution in [3.63, 3.8) is 0 Å². The van der Waals surface area contributed by atoms with E-state index in [-0.39, 0.29) is 30.7 Å². The van der Waals surface area contributed by atoms with Gasteiger partial charge in [0.2, 0.25) is 5.91 Å². The molecule has 8 heteroatoms. The van der Waals surface area contributed by atoms with Crippen LogP contribution in [0, 0.1) is 0 Å². The number of unbranched alkanes of at least 4 members (excludes halogenated alkanes) is 3. The minimum atomic E-state index is 0. The first kappa shape index (κ1) is 24.1. The molecule has 0 fully saturated rings. The summed E-state index contributed by atoms with van der Waals surface area (Å²) in [5.74, 6) is 2.38. The van der Waals surface area contributed by atoms with Gasteiger partial charge >= 0.3 is 0 Å². The van der Waals surface area contributed by atoms with Crippen molar-refractivity contribution in [2.45, 2.75) is 77.2 Å². The van der Waals surface area contributed by atoms with Gasteiger partial charge in [0, 0.05) is 32.4 Å². The molecule has 0 atom stereocenters. The molecular formula is C17H33Cl2N5O. The molecule has 25 heavy (non-hydrogen) atoms. The number of halogens is 2. The van der Waals surface area contributed by atoms with Crippen molar-refractivity contribution >= 4 is 30.7 Å². The average molecular weight is 394 g/mol. The second kappa shape index (κ2) is 14.3. The number of nitrogens with zero attached hydrogens (tertiary/aromatic N) is 3. The zero-order valence-corrected chi connectivity index (χ0v) is 16.7. The van der Waals surface area contributed by atoms with Crippen molar-refractivity contribution in [2.75, 3.05) is 13.1 Å². The number of amides is 1. The third-order valence-corrected chi connectivity index (χ3v) is 4.44. The summed E-state index contributed by atoms with van der Waals surface area (Å²) in [5.41, 5.74) is 5.45. The van der Waals surface area contributed by atoms with Gasteiger partial charge < -0.3 is 15.6 Å². The molecule has 0 spiro atoms. The van der Waals surface area contributed by atoms with Gasteiger partial charge in [-0.3, -0.25) is 4.79 Å². The van der Waals surface area contributed by atoms with Crippen molar-refractivity contribution in [3.8, 4) is 0 Å². The molecule has 2 heterocycles. The van der Waals surface area contributed by atoms with E-state index in [1.165, 1.54) is 19.3 Å². The Hall–Kier alpha value is -0.850. The highest BCUT2D eigenvalue weighted by Crippen LogP contribution is 2.15. The Morgan fingerprint density at radius 1 is 1.04 bits per heavy atom. The van der Waals surface area contributed by atoms with E-state index in [4.69, 9.17) is 5.73 Å². The van der Waals surface area contributed by atoms with Gasteiger partial charge in [-0.05, 0) is 38.6 Å². The van der Waals surface area contributed by atoms with Crippen LogP contribution in [-0.4, -0.2) is 33.8 Å². The summed E-state index contributed by atoms with van der Waals surface area (Å²) >= 11 is 0. The van der Waals surface area contributed by atoms with Crippen molar-refractivity contribution in [1.29, 1.82) is 0 Å². The number of nitrogens with two attached hydrogens (primary N) is 1. The minimum absolute atomic E-state index is 0. The summed E-state index contributed by atoms with van der Waals surface area (Å²) < 4.78 is 2.28. The van der Waals surface area contributed by atoms with Gasteiger partial charge in [0.1, 0.15) is 11.6 Å². The molecule has 0 aliphatic carbocycles. The van der Waals surface area contributed by atoms with Gasteiger partial charge in [0.25, 0.3) is 0 Å². The molecule has 0 bridgehead atoms. The number of hydrogen-bond donors (Lipinski definition) is 2. The summed E-state index contributed by atoms with van der Waals surface area (Å²) in [4.78, 5) is 11.7. The Kier molecular flexibility index (Phi) is 13.8. The van der Waals surface area contributed by atoms with Crippen LogP contribution in [0.15, 0.2) is 0 Å². The van der Waals surface area contributed by atoms with Crippen LogP contribution in [0.25, 0.3) is 0 Å². The Morgan fingerprint density at radius 3 is 2.64 bits per heavy atom. The number of hydrogen-bond acceptors (Lipinski definition) is 4. The lowest BCUT2D eigenvalue weighted by Crippen LogP contribution is -2.24. The van der Waals surface area contributed by atoms with E-state index < -0.39 is 0 Å². The van der Waals surface area contributed by atoms with E-state index in [0.29, 0.717) is 6.42 Å². The molecule has 2 rings (SSSR count). The molecule has 3 N–H and O–H groups in total. The molecule has 0 aromatic carbocycles. The highest BCUT2D eigenvalue weighted by molar-refractivity contribution is 5.85. The lowest BCUT2D eigenvalue weighted by Gasteiger charge is -2.08. The first-order chi connectivity index (χ1) is 11.3. The maximum atomic E-state index is 11.7. The zero-order chi connectivity index (χ0) is 16.3. The standard InChI is InChI=1S/C17H31N5O.2ClH/c18-12-6-2-1-5-11-17(23)19-13-8-10-16-21-20-15-9-4-3-7-14-22(15)16;;/h1-14,18H2,(H,19,23);2*1H. The van der Waals surface area contributed by atoms with Gasteiger partial charge in [-0.15, -0.1) is 35.0 Å². The monoisotopic (exact) mass is 393 g/mol. The van der Waals surface area contributed by atoms with Crippen LogP contribution in [0.1, 0.15) is 69.4 Å². The van der Waals surface area contributed by atoms with Crippen LogP contribution < -0.4 is 11.1 Å². The largest absolute Gasteiger partial charge is 0.356 e. The van der Waals surface area contributed by atoms with Gasteiger partial charge in [0.05, 0.1) is 0 Å². The van der Waals surface area contributed by atoms with E-state index in [2.05, 4.69) is 20.1 Å². The SMILES string of the molecule is Cl.Cl.NCCCCCCC(=O)NCCCc1nnc2n1CCCCC2. The quantitative estimate of drug-likeness (QED) is 0.598. The van der Waals surface area contributed by atoms with Crippen LogP contribution in [0.3, 0.4) is 0 Å². The van der Waals surface area contributed by atoms with Crippen molar-refractivity contribution < 1.29 is 4.79 Å². The smallest absolute Gasteiger partial charge is 0.219 e. The predicted molar refractivity (Wildman–Crippen MR) is 106 cm³/mol. The molecule has 1 aliphatic heterocycles. The number of nitrogens with one attached hydrogen (secondary N) is 1. The third-order valence-electron chi connectivity index (χ3n) is 4.44. The minimum Gasteiger partial charge on any atom is -0.356 e. The first-order valence-electron chi connectivity index (χ1n) is 9.19. The maximum absolute atomic E-state index is 11.7. The van der Waals surface area contributed by atoms with E-state index in [9.17, 15) is 4.79 Å². The molecule has 0 radical (unpaired) electrons. The molecule has 0 saturated carbocycles. The maximum Gasteiger partial charge on any atom is 0.219 e. The lowest BCUT2D eigenvalue weighted by atomic mass is 10.1. The second-order valence-electron chi connectivity index (χ2n) is 6.40. The fourth-order valence-electron chi connectivity index (χ4n) is 3.08. The summed E-state index contributed by atoms with van der Waals surface area (Å²) in [7, 11) is 0. The highest BCUT2D eigenvalue weighted by atomic mass is 35.5. The van der Waals surface area contributed by atoms with Gasteiger partial charge in [-0.25, -0.2) is 0 Å². The molecular weight excluding hydrogens is 361 g/mol. The second-order valence-corrected chi connectivity index (χ2v) is 6.40. The Bertz CT molecular complexity index is 482. The molecule has 1 amide bonds. The summed E-state index contributed by atoms with van der Waals surface area (Å²) in [6.45, 7) is 2.52. The molecule has 1 aliphatic rings. The zero-order valence-electron chi connectivity index (χ0n) is 15.0. The Labute approximate surface area is 163 Å². The average Bonchev–Trinajstić information content (AvgIpc) is 2.78. The fraction of sp³-hybridized carbons (Fsp3) is 0.824. The van der Waals surface area contributed by atoms with Crippen LogP contribution in [-0.2, 0) is 24.2 Å². The Balaban J connectivity index is 0.00000288. The first-order valence-corrected chi connectivity index (χ1v) is 9.19. The van der Waals surface area contributed by atoms with E-state index in [1.807, 2.05) is 0 Å².